The van der Waals surface area contributed by atoms with E-state index in [2.05, 4.69) is 10.8 Å². The second-order valence-electron chi connectivity index (χ2n) is 6.23. The Morgan fingerprint density at radius 1 is 1.26 bits per heavy atom. The predicted molar refractivity (Wildman–Crippen MR) is 89.0 cm³/mol. The molecule has 0 aliphatic carbocycles. The van der Waals surface area contributed by atoms with E-state index >= 15 is 0 Å². The molecule has 23 heavy (non-hydrogen) atoms. The molecule has 1 fully saturated rings. The lowest BCUT2D eigenvalue weighted by Gasteiger charge is -2.33. The maximum Gasteiger partial charge on any atom is 0.260 e. The molecule has 0 aromatic heterocycles. The molecule has 0 unspecified atom stereocenters. The molecule has 0 saturated carbocycles. The van der Waals surface area contributed by atoms with E-state index in [9.17, 15) is 9.90 Å². The molecule has 1 aromatic carbocycles. The van der Waals surface area contributed by atoms with E-state index in [4.69, 9.17) is 11.2 Å². The van der Waals surface area contributed by atoms with Crippen LogP contribution in [0.2, 0.25) is 0 Å². The minimum absolute atomic E-state index is 0.0167. The first-order chi connectivity index (χ1) is 10.9. The smallest absolute Gasteiger partial charge is 0.260 e. The Hall–Kier alpha value is -2.03. The van der Waals surface area contributed by atoms with Gasteiger partial charge in [-0.1, -0.05) is 18.1 Å². The van der Waals surface area contributed by atoms with Crippen molar-refractivity contribution in [3.63, 3.8) is 0 Å². The highest BCUT2D eigenvalue weighted by atomic mass is 16.5. The average molecular weight is 316 g/mol. The third-order valence-electron chi connectivity index (χ3n) is 3.96. The normalized spacial score (nSPS) is 16.0. The fraction of sp³-hybridized carbons (Fsp3) is 0.500. The van der Waals surface area contributed by atoms with Crippen LogP contribution >= 0.6 is 0 Å². The van der Waals surface area contributed by atoms with Gasteiger partial charge in [0.25, 0.3) is 5.91 Å². The van der Waals surface area contributed by atoms with Gasteiger partial charge < -0.3 is 14.7 Å². The van der Waals surface area contributed by atoms with Crippen molar-refractivity contribution in [2.45, 2.75) is 19.4 Å². The topological polar surface area (TPSA) is 53.0 Å². The number of aliphatic hydroxyl groups is 1. The lowest BCUT2D eigenvalue weighted by atomic mass is 9.99. The molecule has 0 atom stereocenters. The Kier molecular flexibility index (Phi) is 5.64. The van der Waals surface area contributed by atoms with E-state index < -0.39 is 5.60 Å². The summed E-state index contributed by atoms with van der Waals surface area (Å²) in [5.74, 6) is 3.23. The maximum absolute atomic E-state index is 12.2. The van der Waals surface area contributed by atoms with Crippen LogP contribution in [0.5, 0.6) is 5.75 Å². The first-order valence-corrected chi connectivity index (χ1v) is 7.79. The predicted octanol–water partition coefficient (Wildman–Crippen LogP) is 1.07. The molecule has 124 valence electrons. The minimum Gasteiger partial charge on any atom is -0.484 e. The van der Waals surface area contributed by atoms with Crippen LogP contribution < -0.4 is 4.74 Å². The van der Waals surface area contributed by atoms with Crippen molar-refractivity contribution < 1.29 is 14.6 Å². The Balaban J connectivity index is 1.80. The number of benzene rings is 1. The van der Waals surface area contributed by atoms with Gasteiger partial charge in [-0.25, -0.2) is 0 Å². The molecule has 0 spiro atoms. The molecular formula is C18H24N2O3. The molecule has 2 rings (SSSR count). The number of carbonyl (C=O) groups excluding carboxylic acids is 1. The molecule has 0 bridgehead atoms. The van der Waals surface area contributed by atoms with Gasteiger partial charge in [-0.15, -0.1) is 6.42 Å². The highest BCUT2D eigenvalue weighted by Gasteiger charge is 2.21. The summed E-state index contributed by atoms with van der Waals surface area (Å²) in [6, 6.07) is 7.15. The zero-order valence-electron chi connectivity index (χ0n) is 13.8. The molecule has 5 heteroatoms. The van der Waals surface area contributed by atoms with Crippen LogP contribution in [0.15, 0.2) is 24.3 Å². The molecule has 1 aromatic rings. The standard InChI is InChI=1S/C18H24N2O3/c1-4-9-19-10-12-20(13-11-19)17(21)14-23-16-7-5-15(6-8-16)18(2,3)22/h1,5-8,22H,9-14H2,2-3H3. The van der Waals surface area contributed by atoms with Gasteiger partial charge in [-0.2, -0.15) is 0 Å². The SMILES string of the molecule is C#CCN1CCN(C(=O)COc2ccc(C(C)(C)O)cc2)CC1. The van der Waals surface area contributed by atoms with E-state index in [1.807, 2.05) is 0 Å². The minimum atomic E-state index is -0.883. The molecule has 1 N–H and O–H groups in total. The Morgan fingerprint density at radius 3 is 2.39 bits per heavy atom. The molecule has 0 radical (unpaired) electrons. The third kappa shape index (κ3) is 4.98. The third-order valence-corrected chi connectivity index (χ3v) is 3.96. The molecular weight excluding hydrogens is 292 g/mol. The van der Waals surface area contributed by atoms with Crippen molar-refractivity contribution >= 4 is 5.91 Å². The second-order valence-corrected chi connectivity index (χ2v) is 6.23. The fourth-order valence-electron chi connectivity index (χ4n) is 2.48. The van der Waals surface area contributed by atoms with Crippen molar-refractivity contribution in [3.8, 4) is 18.1 Å². The number of carbonyl (C=O) groups is 1. The van der Waals surface area contributed by atoms with Crippen LogP contribution in [-0.4, -0.2) is 60.1 Å². The van der Waals surface area contributed by atoms with Gasteiger partial charge in [0, 0.05) is 26.2 Å². The van der Waals surface area contributed by atoms with Gasteiger partial charge >= 0.3 is 0 Å². The van der Waals surface area contributed by atoms with Crippen LogP contribution in [0.3, 0.4) is 0 Å². The number of piperazine rings is 1. The number of hydrogen-bond acceptors (Lipinski definition) is 4. The van der Waals surface area contributed by atoms with Crippen LogP contribution in [0.1, 0.15) is 19.4 Å². The number of rotatable bonds is 5. The van der Waals surface area contributed by atoms with E-state index in [0.717, 1.165) is 18.7 Å². The highest BCUT2D eigenvalue weighted by Crippen LogP contribution is 2.22. The van der Waals surface area contributed by atoms with Gasteiger partial charge in [0.05, 0.1) is 12.1 Å². The van der Waals surface area contributed by atoms with Crippen LogP contribution in [0, 0.1) is 12.3 Å². The van der Waals surface area contributed by atoms with Crippen LogP contribution in [0.4, 0.5) is 0 Å². The molecule has 1 saturated heterocycles. The van der Waals surface area contributed by atoms with Gasteiger partial charge in [0.1, 0.15) is 5.75 Å². The Labute approximate surface area is 137 Å². The van der Waals surface area contributed by atoms with Crippen molar-refractivity contribution in [3.05, 3.63) is 29.8 Å². The monoisotopic (exact) mass is 316 g/mol. The van der Waals surface area contributed by atoms with Gasteiger partial charge in [-0.05, 0) is 31.5 Å². The maximum atomic E-state index is 12.2. The summed E-state index contributed by atoms with van der Waals surface area (Å²) in [6.07, 6.45) is 5.30. The van der Waals surface area contributed by atoms with Crippen molar-refractivity contribution in [2.24, 2.45) is 0 Å². The number of nitrogens with zero attached hydrogens (tertiary/aromatic N) is 2. The van der Waals surface area contributed by atoms with Gasteiger partial charge in [0.2, 0.25) is 0 Å². The first kappa shape index (κ1) is 17.3. The van der Waals surface area contributed by atoms with E-state index in [0.29, 0.717) is 25.4 Å². The van der Waals surface area contributed by atoms with Crippen molar-refractivity contribution in [1.82, 2.24) is 9.80 Å². The average Bonchev–Trinajstić information content (AvgIpc) is 2.53. The highest BCUT2D eigenvalue weighted by molar-refractivity contribution is 5.77. The van der Waals surface area contributed by atoms with Crippen molar-refractivity contribution in [1.29, 1.82) is 0 Å². The summed E-state index contributed by atoms with van der Waals surface area (Å²) in [4.78, 5) is 16.1. The largest absolute Gasteiger partial charge is 0.484 e. The Bertz CT molecular complexity index is 561. The zero-order chi connectivity index (χ0) is 16.9. The molecule has 1 aliphatic rings. The summed E-state index contributed by atoms with van der Waals surface area (Å²) in [7, 11) is 0. The lowest BCUT2D eigenvalue weighted by Crippen LogP contribution is -2.49. The second kappa shape index (κ2) is 7.49. The van der Waals surface area contributed by atoms with E-state index in [1.165, 1.54) is 0 Å². The zero-order valence-corrected chi connectivity index (χ0v) is 13.8. The van der Waals surface area contributed by atoms with Crippen LogP contribution in [-0.2, 0) is 10.4 Å². The van der Waals surface area contributed by atoms with Gasteiger partial charge in [-0.3, -0.25) is 9.69 Å². The molecule has 5 nitrogen and oxygen atoms in total. The fourth-order valence-corrected chi connectivity index (χ4v) is 2.48. The molecule has 1 amide bonds. The number of ether oxygens (including phenoxy) is 1. The summed E-state index contributed by atoms with van der Waals surface area (Å²) in [5.41, 5.74) is -0.0762. The summed E-state index contributed by atoms with van der Waals surface area (Å²) < 4.78 is 5.54. The number of hydrogen-bond donors (Lipinski definition) is 1. The van der Waals surface area contributed by atoms with Gasteiger partial charge in [0.15, 0.2) is 6.61 Å². The molecule has 1 aliphatic heterocycles. The lowest BCUT2D eigenvalue weighted by molar-refractivity contribution is -0.135. The summed E-state index contributed by atoms with van der Waals surface area (Å²) >= 11 is 0. The Morgan fingerprint density at radius 2 is 1.87 bits per heavy atom. The van der Waals surface area contributed by atoms with Crippen molar-refractivity contribution in [2.75, 3.05) is 39.3 Å². The summed E-state index contributed by atoms with van der Waals surface area (Å²) in [6.45, 7) is 7.08. The number of amides is 1. The molecule has 1 heterocycles. The van der Waals surface area contributed by atoms with E-state index in [-0.39, 0.29) is 12.5 Å². The number of terminal acetylenes is 1. The first-order valence-electron chi connectivity index (χ1n) is 7.79. The quantitative estimate of drug-likeness (QED) is 0.826. The van der Waals surface area contributed by atoms with E-state index in [1.54, 1.807) is 43.0 Å². The van der Waals surface area contributed by atoms with Crippen LogP contribution in [0.25, 0.3) is 0 Å². The summed E-state index contributed by atoms with van der Waals surface area (Å²) in [5, 5.41) is 9.91.